The molecule has 0 radical (unpaired) electrons. The highest BCUT2D eigenvalue weighted by Crippen LogP contribution is 2.44. The van der Waals surface area contributed by atoms with Gasteiger partial charge in [0.05, 0.1) is 11.9 Å². The number of nitrogens with one attached hydrogen (secondary N) is 1. The number of hydrogen-bond donors (Lipinski definition) is 1. The van der Waals surface area contributed by atoms with Gasteiger partial charge in [0.15, 0.2) is 0 Å². The van der Waals surface area contributed by atoms with E-state index in [-0.39, 0.29) is 11.8 Å². The van der Waals surface area contributed by atoms with Crippen molar-refractivity contribution in [3.8, 4) is 0 Å². The van der Waals surface area contributed by atoms with Gasteiger partial charge in [-0.05, 0) is 60.4 Å². The summed E-state index contributed by atoms with van der Waals surface area (Å²) in [5, 5.41) is 3.00. The maximum absolute atomic E-state index is 12.6. The molecule has 0 spiro atoms. The minimum Gasteiger partial charge on any atom is -0.326 e. The first-order valence-corrected chi connectivity index (χ1v) is 11.2. The van der Waals surface area contributed by atoms with Crippen molar-refractivity contribution in [3.63, 3.8) is 0 Å². The number of carbonyl (C=O) groups is 1. The van der Waals surface area contributed by atoms with Crippen LogP contribution in [0.15, 0.2) is 48.5 Å². The largest absolute Gasteiger partial charge is 0.326 e. The first kappa shape index (κ1) is 18.0. The molecule has 1 aliphatic heterocycles. The summed E-state index contributed by atoms with van der Waals surface area (Å²) >= 11 is 0. The first-order chi connectivity index (χ1) is 12.9. The lowest BCUT2D eigenvalue weighted by Crippen LogP contribution is -2.27. The summed E-state index contributed by atoms with van der Waals surface area (Å²) in [5.74, 6) is 0.872. The second-order valence-electron chi connectivity index (χ2n) is 7.54. The Bertz CT molecular complexity index is 953. The van der Waals surface area contributed by atoms with Gasteiger partial charge in [-0.1, -0.05) is 30.3 Å². The van der Waals surface area contributed by atoms with Gasteiger partial charge in [-0.3, -0.25) is 9.10 Å². The number of amides is 1. The van der Waals surface area contributed by atoms with Crippen molar-refractivity contribution in [2.24, 2.45) is 5.92 Å². The van der Waals surface area contributed by atoms with E-state index >= 15 is 0 Å². The molecule has 1 aliphatic carbocycles. The maximum atomic E-state index is 12.6. The Hall–Kier alpha value is -2.34. The number of hydrogen-bond acceptors (Lipinski definition) is 3. The summed E-state index contributed by atoms with van der Waals surface area (Å²) in [5.41, 5.74) is 3.64. The number of carbonyl (C=O) groups excluding carboxylic acids is 1. The molecule has 27 heavy (non-hydrogen) atoms. The zero-order chi connectivity index (χ0) is 19.0. The molecule has 0 bridgehead atoms. The SMILES string of the molecule is CS(=O)(=O)N1CCc2cc(NC(=O)CC(c3ccccc3)C3CC3)ccc21. The molecular formula is C21H24N2O3S. The normalized spacial score (nSPS) is 17.4. The van der Waals surface area contributed by atoms with Crippen LogP contribution < -0.4 is 9.62 Å². The Morgan fingerprint density at radius 3 is 2.59 bits per heavy atom. The van der Waals surface area contributed by atoms with E-state index in [4.69, 9.17) is 0 Å². The molecule has 1 heterocycles. The highest BCUT2D eigenvalue weighted by atomic mass is 32.2. The smallest absolute Gasteiger partial charge is 0.232 e. The predicted octanol–water partition coefficient (Wildman–Crippen LogP) is 3.53. The first-order valence-electron chi connectivity index (χ1n) is 9.37. The van der Waals surface area contributed by atoms with Crippen molar-refractivity contribution in [2.75, 3.05) is 22.4 Å². The fourth-order valence-electron chi connectivity index (χ4n) is 3.96. The molecule has 1 fully saturated rings. The Balaban J connectivity index is 1.46. The van der Waals surface area contributed by atoms with E-state index in [1.165, 1.54) is 29.0 Å². The molecule has 5 nitrogen and oxygen atoms in total. The topological polar surface area (TPSA) is 66.5 Å². The fraction of sp³-hybridized carbons (Fsp3) is 0.381. The van der Waals surface area contributed by atoms with E-state index in [2.05, 4.69) is 17.4 Å². The van der Waals surface area contributed by atoms with Gasteiger partial charge in [-0.25, -0.2) is 8.42 Å². The van der Waals surface area contributed by atoms with E-state index < -0.39 is 10.0 Å². The minimum atomic E-state index is -3.25. The molecule has 2 aliphatic rings. The summed E-state index contributed by atoms with van der Waals surface area (Å²) in [6, 6.07) is 15.7. The van der Waals surface area contributed by atoms with Gasteiger partial charge in [-0.15, -0.1) is 0 Å². The quantitative estimate of drug-likeness (QED) is 0.828. The predicted molar refractivity (Wildman–Crippen MR) is 107 cm³/mol. The summed E-state index contributed by atoms with van der Waals surface area (Å²) in [7, 11) is -3.25. The lowest BCUT2D eigenvalue weighted by Gasteiger charge is -2.18. The molecule has 142 valence electrons. The van der Waals surface area contributed by atoms with E-state index in [0.29, 0.717) is 25.3 Å². The number of benzene rings is 2. The highest BCUT2D eigenvalue weighted by Gasteiger charge is 2.33. The summed E-state index contributed by atoms with van der Waals surface area (Å²) in [6.45, 7) is 0.462. The van der Waals surface area contributed by atoms with E-state index in [1.54, 1.807) is 12.1 Å². The van der Waals surface area contributed by atoms with Crippen LogP contribution >= 0.6 is 0 Å². The molecule has 2 aromatic carbocycles. The number of rotatable bonds is 6. The summed E-state index contributed by atoms with van der Waals surface area (Å²) < 4.78 is 25.1. The van der Waals surface area contributed by atoms with Crippen molar-refractivity contribution in [1.29, 1.82) is 0 Å². The molecule has 4 rings (SSSR count). The number of nitrogens with zero attached hydrogens (tertiary/aromatic N) is 1. The Morgan fingerprint density at radius 1 is 1.19 bits per heavy atom. The van der Waals surface area contributed by atoms with Gasteiger partial charge < -0.3 is 5.32 Å². The molecule has 2 aromatic rings. The minimum absolute atomic E-state index is 0.00803. The lowest BCUT2D eigenvalue weighted by molar-refractivity contribution is -0.116. The van der Waals surface area contributed by atoms with Gasteiger partial charge in [0.2, 0.25) is 15.9 Å². The van der Waals surface area contributed by atoms with E-state index in [1.807, 2.05) is 24.3 Å². The van der Waals surface area contributed by atoms with Crippen molar-refractivity contribution in [3.05, 3.63) is 59.7 Å². The molecule has 1 saturated carbocycles. The number of anilines is 2. The van der Waals surface area contributed by atoms with Crippen LogP contribution in [0.4, 0.5) is 11.4 Å². The van der Waals surface area contributed by atoms with Crippen LogP contribution in [0.5, 0.6) is 0 Å². The van der Waals surface area contributed by atoms with Crippen LogP contribution in [0.3, 0.4) is 0 Å². The molecule has 1 N–H and O–H groups in total. The third-order valence-corrected chi connectivity index (χ3v) is 6.62. The van der Waals surface area contributed by atoms with Crippen molar-refractivity contribution < 1.29 is 13.2 Å². The maximum Gasteiger partial charge on any atom is 0.232 e. The van der Waals surface area contributed by atoms with Crippen molar-refractivity contribution in [1.82, 2.24) is 0 Å². The summed E-state index contributed by atoms with van der Waals surface area (Å²) in [6.07, 6.45) is 4.74. The van der Waals surface area contributed by atoms with Crippen LogP contribution in [-0.2, 0) is 21.2 Å². The van der Waals surface area contributed by atoms with Crippen LogP contribution in [-0.4, -0.2) is 27.1 Å². The van der Waals surface area contributed by atoms with Gasteiger partial charge in [0, 0.05) is 18.7 Å². The zero-order valence-corrected chi connectivity index (χ0v) is 16.2. The Labute approximate surface area is 160 Å². The number of sulfonamides is 1. The fourth-order valence-corrected chi connectivity index (χ4v) is 4.92. The van der Waals surface area contributed by atoms with Crippen LogP contribution in [0.25, 0.3) is 0 Å². The average Bonchev–Trinajstić information content (AvgIpc) is 3.38. The third kappa shape index (κ3) is 4.00. The molecule has 1 atom stereocenters. The second-order valence-corrected chi connectivity index (χ2v) is 9.44. The van der Waals surface area contributed by atoms with Gasteiger partial charge >= 0.3 is 0 Å². The molecule has 6 heteroatoms. The van der Waals surface area contributed by atoms with Crippen molar-refractivity contribution in [2.45, 2.75) is 31.6 Å². The van der Waals surface area contributed by atoms with Crippen molar-refractivity contribution >= 4 is 27.3 Å². The van der Waals surface area contributed by atoms with Gasteiger partial charge in [-0.2, -0.15) is 0 Å². The second kappa shape index (κ2) is 7.00. The van der Waals surface area contributed by atoms with E-state index in [9.17, 15) is 13.2 Å². The van der Waals surface area contributed by atoms with Gasteiger partial charge in [0.1, 0.15) is 0 Å². The van der Waals surface area contributed by atoms with Gasteiger partial charge in [0.25, 0.3) is 0 Å². The molecule has 0 aromatic heterocycles. The number of fused-ring (bicyclic) bond motifs is 1. The molecule has 1 unspecified atom stereocenters. The summed E-state index contributed by atoms with van der Waals surface area (Å²) in [4.78, 5) is 12.6. The highest BCUT2D eigenvalue weighted by molar-refractivity contribution is 7.92. The van der Waals surface area contributed by atoms with E-state index in [0.717, 1.165) is 16.9 Å². The standard InChI is InChI=1S/C21H24N2O3S/c1-27(25,26)23-12-11-17-13-18(9-10-20(17)23)22-21(24)14-19(16-7-8-16)15-5-3-2-4-6-15/h2-6,9-10,13,16,19H,7-8,11-12,14H2,1H3,(H,22,24). The van der Waals surface area contributed by atoms with Crippen LogP contribution in [0.1, 0.15) is 36.3 Å². The molecule has 0 saturated heterocycles. The molecular weight excluding hydrogens is 360 g/mol. The Kier molecular flexibility index (Phi) is 4.68. The monoisotopic (exact) mass is 384 g/mol. The van der Waals surface area contributed by atoms with Crippen LogP contribution in [0, 0.1) is 5.92 Å². The third-order valence-electron chi connectivity index (χ3n) is 5.44. The molecule has 1 amide bonds. The zero-order valence-electron chi connectivity index (χ0n) is 15.4. The lowest BCUT2D eigenvalue weighted by atomic mass is 9.91. The Morgan fingerprint density at radius 2 is 1.93 bits per heavy atom. The van der Waals surface area contributed by atoms with Crippen LogP contribution in [0.2, 0.25) is 0 Å². The average molecular weight is 385 g/mol.